The SMILES string of the molecule is CC1=CC(=CN=Nc2ccc(C)cc2)C=C(C)C1=O. The van der Waals surface area contributed by atoms with Crippen molar-refractivity contribution in [3.05, 3.63) is 64.9 Å². The Kier molecular flexibility index (Phi) is 3.85. The van der Waals surface area contributed by atoms with E-state index in [1.54, 1.807) is 6.20 Å². The average molecular weight is 252 g/mol. The number of Topliss-reactive ketones (excluding diaryl/α,β-unsaturated/α-hetero) is 1. The lowest BCUT2D eigenvalue weighted by Gasteiger charge is -2.07. The molecular formula is C16H16N2O. The predicted octanol–water partition coefficient (Wildman–Crippen LogP) is 4.44. The lowest BCUT2D eigenvalue weighted by Crippen LogP contribution is -2.05. The van der Waals surface area contributed by atoms with Crippen molar-refractivity contribution in [3.63, 3.8) is 0 Å². The monoisotopic (exact) mass is 252 g/mol. The second-order valence-electron chi connectivity index (χ2n) is 4.66. The fourth-order valence-electron chi connectivity index (χ4n) is 1.83. The number of aryl methyl sites for hydroxylation is 1. The van der Waals surface area contributed by atoms with Crippen molar-refractivity contribution in [2.75, 3.05) is 0 Å². The van der Waals surface area contributed by atoms with Crippen LogP contribution in [0, 0.1) is 6.92 Å². The van der Waals surface area contributed by atoms with E-state index in [1.165, 1.54) is 5.56 Å². The van der Waals surface area contributed by atoms with E-state index in [1.807, 2.05) is 57.2 Å². The van der Waals surface area contributed by atoms with Gasteiger partial charge in [0.25, 0.3) is 0 Å². The highest BCUT2D eigenvalue weighted by Gasteiger charge is 2.12. The Hall–Kier alpha value is -2.29. The Morgan fingerprint density at radius 1 is 0.947 bits per heavy atom. The highest BCUT2D eigenvalue weighted by Crippen LogP contribution is 2.19. The number of allylic oxidation sites excluding steroid dienone is 5. The maximum atomic E-state index is 11.6. The predicted molar refractivity (Wildman–Crippen MR) is 76.3 cm³/mol. The van der Waals surface area contributed by atoms with Crippen LogP contribution in [-0.4, -0.2) is 5.78 Å². The first-order valence-corrected chi connectivity index (χ1v) is 6.15. The molecule has 2 rings (SSSR count). The van der Waals surface area contributed by atoms with Crippen LogP contribution in [0.25, 0.3) is 0 Å². The minimum absolute atomic E-state index is 0.0904. The van der Waals surface area contributed by atoms with Crippen molar-refractivity contribution in [2.24, 2.45) is 10.2 Å². The molecule has 0 radical (unpaired) electrons. The van der Waals surface area contributed by atoms with Crippen molar-refractivity contribution < 1.29 is 4.79 Å². The number of rotatable bonds is 2. The Morgan fingerprint density at radius 2 is 1.53 bits per heavy atom. The van der Waals surface area contributed by atoms with Gasteiger partial charge in [-0.15, -0.1) is 0 Å². The highest BCUT2D eigenvalue weighted by molar-refractivity contribution is 6.09. The first-order chi connectivity index (χ1) is 9.06. The number of benzene rings is 1. The van der Waals surface area contributed by atoms with Crippen LogP contribution in [0.3, 0.4) is 0 Å². The molecule has 1 aliphatic carbocycles. The molecule has 1 aliphatic rings. The van der Waals surface area contributed by atoms with E-state index < -0.39 is 0 Å². The fraction of sp³-hybridized carbons (Fsp3) is 0.188. The van der Waals surface area contributed by atoms with Gasteiger partial charge in [0.05, 0.1) is 11.9 Å². The fourth-order valence-corrected chi connectivity index (χ4v) is 1.83. The molecule has 3 heteroatoms. The maximum absolute atomic E-state index is 11.6. The molecule has 96 valence electrons. The molecular weight excluding hydrogens is 236 g/mol. The second-order valence-corrected chi connectivity index (χ2v) is 4.66. The molecule has 3 nitrogen and oxygen atoms in total. The number of nitrogens with zero attached hydrogens (tertiary/aromatic N) is 2. The normalized spacial score (nSPS) is 15.5. The van der Waals surface area contributed by atoms with Gasteiger partial charge in [0.2, 0.25) is 0 Å². The van der Waals surface area contributed by atoms with Crippen LogP contribution in [0.15, 0.2) is 69.6 Å². The van der Waals surface area contributed by atoms with Gasteiger partial charge in [-0.25, -0.2) is 0 Å². The summed E-state index contributed by atoms with van der Waals surface area (Å²) in [5.41, 5.74) is 4.37. The number of hydrogen-bond donors (Lipinski definition) is 0. The Balaban J connectivity index is 2.15. The van der Waals surface area contributed by atoms with Crippen LogP contribution in [0.4, 0.5) is 5.69 Å². The number of azo groups is 1. The van der Waals surface area contributed by atoms with Gasteiger partial charge in [0, 0.05) is 0 Å². The van der Waals surface area contributed by atoms with Crippen LogP contribution in [-0.2, 0) is 4.79 Å². The standard InChI is InChI=1S/C16H16N2O/c1-11-4-6-15(7-5-11)18-17-10-14-8-12(2)16(19)13(3)9-14/h4-10H,1-3H3. The molecule has 1 aromatic carbocycles. The zero-order chi connectivity index (χ0) is 13.8. The summed E-state index contributed by atoms with van der Waals surface area (Å²) in [5, 5.41) is 8.17. The molecule has 0 aliphatic heterocycles. The smallest absolute Gasteiger partial charge is 0.184 e. The third kappa shape index (κ3) is 3.35. The molecule has 1 aromatic rings. The minimum Gasteiger partial charge on any atom is -0.289 e. The topological polar surface area (TPSA) is 41.8 Å². The third-order valence-electron chi connectivity index (χ3n) is 2.90. The molecule has 0 N–H and O–H groups in total. The van der Waals surface area contributed by atoms with Crippen LogP contribution in [0.1, 0.15) is 19.4 Å². The molecule has 0 aromatic heterocycles. The van der Waals surface area contributed by atoms with Crippen molar-refractivity contribution in [3.8, 4) is 0 Å². The Labute approximate surface area is 113 Å². The largest absolute Gasteiger partial charge is 0.289 e. The minimum atomic E-state index is 0.0904. The third-order valence-corrected chi connectivity index (χ3v) is 2.90. The van der Waals surface area contributed by atoms with Crippen molar-refractivity contribution >= 4 is 11.5 Å². The van der Waals surface area contributed by atoms with Gasteiger partial charge in [-0.2, -0.15) is 10.2 Å². The van der Waals surface area contributed by atoms with Crippen molar-refractivity contribution in [1.29, 1.82) is 0 Å². The zero-order valence-electron chi connectivity index (χ0n) is 11.3. The summed E-state index contributed by atoms with van der Waals surface area (Å²) in [4.78, 5) is 11.6. The highest BCUT2D eigenvalue weighted by atomic mass is 16.1. The summed E-state index contributed by atoms with van der Waals surface area (Å²) < 4.78 is 0. The molecule has 0 unspecified atom stereocenters. The lowest BCUT2D eigenvalue weighted by molar-refractivity contribution is -0.112. The van der Waals surface area contributed by atoms with Gasteiger partial charge < -0.3 is 0 Å². The molecule has 0 saturated heterocycles. The summed E-state index contributed by atoms with van der Waals surface area (Å²) in [6.07, 6.45) is 5.31. The van der Waals surface area contributed by atoms with E-state index in [0.717, 1.165) is 22.4 Å². The first-order valence-electron chi connectivity index (χ1n) is 6.15. The average Bonchev–Trinajstić information content (AvgIpc) is 2.38. The second kappa shape index (κ2) is 5.57. The summed E-state index contributed by atoms with van der Waals surface area (Å²) in [6.45, 7) is 5.65. The van der Waals surface area contributed by atoms with E-state index in [0.29, 0.717) is 0 Å². The summed E-state index contributed by atoms with van der Waals surface area (Å²) >= 11 is 0. The number of carbonyl (C=O) groups excluding carboxylic acids is 1. The van der Waals surface area contributed by atoms with E-state index in [4.69, 9.17) is 0 Å². The Morgan fingerprint density at radius 3 is 2.11 bits per heavy atom. The molecule has 0 bridgehead atoms. The molecule has 19 heavy (non-hydrogen) atoms. The zero-order valence-corrected chi connectivity index (χ0v) is 11.3. The van der Waals surface area contributed by atoms with Gasteiger partial charge in [-0.3, -0.25) is 4.79 Å². The quantitative estimate of drug-likeness (QED) is 0.717. The molecule has 0 fully saturated rings. The van der Waals surface area contributed by atoms with Gasteiger partial charge in [0.1, 0.15) is 0 Å². The number of ketones is 1. The maximum Gasteiger partial charge on any atom is 0.184 e. The van der Waals surface area contributed by atoms with Gasteiger partial charge in [-0.1, -0.05) is 17.7 Å². The Bertz CT molecular complexity index is 593. The van der Waals surface area contributed by atoms with E-state index in [9.17, 15) is 4.79 Å². The summed E-state index contributed by atoms with van der Waals surface area (Å²) in [6, 6.07) is 7.83. The van der Waals surface area contributed by atoms with Crippen molar-refractivity contribution in [2.45, 2.75) is 20.8 Å². The van der Waals surface area contributed by atoms with E-state index >= 15 is 0 Å². The first kappa shape index (κ1) is 13.1. The molecule has 0 heterocycles. The summed E-state index contributed by atoms with van der Waals surface area (Å²) in [7, 11) is 0. The van der Waals surface area contributed by atoms with Crippen molar-refractivity contribution in [1.82, 2.24) is 0 Å². The summed E-state index contributed by atoms with van der Waals surface area (Å²) in [5.74, 6) is 0.0904. The number of carbonyl (C=O) groups is 1. The van der Waals surface area contributed by atoms with Gasteiger partial charge in [-0.05, 0) is 61.8 Å². The molecule has 0 amide bonds. The van der Waals surface area contributed by atoms with Crippen LogP contribution >= 0.6 is 0 Å². The van der Waals surface area contributed by atoms with Crippen LogP contribution < -0.4 is 0 Å². The number of hydrogen-bond acceptors (Lipinski definition) is 3. The van der Waals surface area contributed by atoms with Gasteiger partial charge in [0.15, 0.2) is 5.78 Å². The molecule has 0 atom stereocenters. The lowest BCUT2D eigenvalue weighted by atomic mass is 9.96. The van der Waals surface area contributed by atoms with Crippen LogP contribution in [0.5, 0.6) is 0 Å². The van der Waals surface area contributed by atoms with E-state index in [2.05, 4.69) is 10.2 Å². The van der Waals surface area contributed by atoms with Crippen LogP contribution in [0.2, 0.25) is 0 Å². The molecule has 0 spiro atoms. The van der Waals surface area contributed by atoms with E-state index in [-0.39, 0.29) is 5.78 Å². The molecule has 0 saturated carbocycles. The van der Waals surface area contributed by atoms with Gasteiger partial charge >= 0.3 is 0 Å².